The summed E-state index contributed by atoms with van der Waals surface area (Å²) in [6, 6.07) is 4.32. The Hall–Kier alpha value is -1.35. The molecule has 0 saturated carbocycles. The normalized spacial score (nSPS) is 10.4. The molecule has 2 N–H and O–H groups in total. The number of hydrogen-bond donors (Lipinski definition) is 2. The molecule has 1 rings (SSSR count). The predicted octanol–water partition coefficient (Wildman–Crippen LogP) is 1.88. The Bertz CT molecular complexity index is 413. The van der Waals surface area contributed by atoms with Crippen LogP contribution in [0.2, 0.25) is 0 Å². The van der Waals surface area contributed by atoms with Crippen LogP contribution in [0.1, 0.15) is 28.7 Å². The molecule has 0 bridgehead atoms. The van der Waals surface area contributed by atoms with Crippen LogP contribution >= 0.6 is 0 Å². The zero-order valence-corrected chi connectivity index (χ0v) is 11.9. The highest BCUT2D eigenvalue weighted by atomic mass is 16.1. The van der Waals surface area contributed by atoms with E-state index < -0.39 is 0 Å². The fourth-order valence-electron chi connectivity index (χ4n) is 1.95. The van der Waals surface area contributed by atoms with Crippen molar-refractivity contribution in [2.45, 2.75) is 33.6 Å². The van der Waals surface area contributed by atoms with Crippen LogP contribution in [0.15, 0.2) is 12.1 Å². The summed E-state index contributed by atoms with van der Waals surface area (Å²) in [5.74, 6) is 0.117. The molecule has 0 saturated heterocycles. The van der Waals surface area contributed by atoms with E-state index >= 15 is 0 Å². The van der Waals surface area contributed by atoms with Gasteiger partial charge in [0.1, 0.15) is 0 Å². The lowest BCUT2D eigenvalue weighted by atomic mass is 9.97. The first-order valence-corrected chi connectivity index (χ1v) is 6.53. The molecule has 0 radical (unpaired) electrons. The molecule has 1 amide bonds. The number of carbonyl (C=O) groups is 1. The third kappa shape index (κ3) is 4.15. The average molecular weight is 248 g/mol. The lowest BCUT2D eigenvalue weighted by Crippen LogP contribution is -2.28. The summed E-state index contributed by atoms with van der Waals surface area (Å²) >= 11 is 0. The van der Waals surface area contributed by atoms with Gasteiger partial charge in [0, 0.05) is 19.5 Å². The monoisotopic (exact) mass is 248 g/mol. The van der Waals surface area contributed by atoms with Gasteiger partial charge in [0.15, 0.2) is 0 Å². The standard InChI is InChI=1S/C15H24N2O/c1-11-5-6-14(13(3)12(11)2)7-10-17-15(18)8-9-16-4/h5-6,16H,7-10H2,1-4H3,(H,17,18). The molecule has 1 aromatic carbocycles. The maximum atomic E-state index is 11.4. The fraction of sp³-hybridized carbons (Fsp3) is 0.533. The van der Waals surface area contributed by atoms with Gasteiger partial charge in [0.2, 0.25) is 5.91 Å². The second kappa shape index (κ2) is 7.17. The van der Waals surface area contributed by atoms with E-state index in [1.165, 1.54) is 22.3 Å². The lowest BCUT2D eigenvalue weighted by Gasteiger charge is -2.11. The number of rotatable bonds is 6. The van der Waals surface area contributed by atoms with Crippen molar-refractivity contribution in [3.05, 3.63) is 34.4 Å². The summed E-state index contributed by atoms with van der Waals surface area (Å²) < 4.78 is 0. The Kier molecular flexibility index (Phi) is 5.86. The molecule has 3 nitrogen and oxygen atoms in total. The third-order valence-corrected chi connectivity index (χ3v) is 3.49. The number of nitrogens with one attached hydrogen (secondary N) is 2. The van der Waals surface area contributed by atoms with E-state index in [1.54, 1.807) is 0 Å². The number of benzene rings is 1. The molecule has 0 aliphatic heterocycles. The lowest BCUT2D eigenvalue weighted by molar-refractivity contribution is -0.120. The molecule has 0 atom stereocenters. The van der Waals surface area contributed by atoms with Crippen molar-refractivity contribution >= 4 is 5.91 Å². The van der Waals surface area contributed by atoms with Crippen molar-refractivity contribution < 1.29 is 4.79 Å². The predicted molar refractivity (Wildman–Crippen MR) is 75.9 cm³/mol. The van der Waals surface area contributed by atoms with Gasteiger partial charge >= 0.3 is 0 Å². The largest absolute Gasteiger partial charge is 0.356 e. The van der Waals surface area contributed by atoms with Gasteiger partial charge in [-0.25, -0.2) is 0 Å². The Labute approximate surface area is 110 Å². The van der Waals surface area contributed by atoms with Gasteiger partial charge in [-0.3, -0.25) is 4.79 Å². The quantitative estimate of drug-likeness (QED) is 0.807. The molecule has 0 heterocycles. The van der Waals surface area contributed by atoms with Gasteiger partial charge in [-0.2, -0.15) is 0 Å². The smallest absolute Gasteiger partial charge is 0.221 e. The van der Waals surface area contributed by atoms with Gasteiger partial charge in [-0.1, -0.05) is 12.1 Å². The molecule has 0 aliphatic rings. The van der Waals surface area contributed by atoms with Crippen molar-refractivity contribution in [3.8, 4) is 0 Å². The molecule has 3 heteroatoms. The molecule has 100 valence electrons. The van der Waals surface area contributed by atoms with Crippen LogP contribution < -0.4 is 10.6 Å². The Morgan fingerprint density at radius 2 is 1.83 bits per heavy atom. The van der Waals surface area contributed by atoms with E-state index in [1.807, 2.05) is 7.05 Å². The van der Waals surface area contributed by atoms with Crippen LogP contribution in [-0.2, 0) is 11.2 Å². The van der Waals surface area contributed by atoms with Gasteiger partial charge in [0.25, 0.3) is 0 Å². The Morgan fingerprint density at radius 3 is 2.50 bits per heavy atom. The minimum absolute atomic E-state index is 0.117. The minimum atomic E-state index is 0.117. The zero-order valence-electron chi connectivity index (χ0n) is 11.9. The zero-order chi connectivity index (χ0) is 13.5. The average Bonchev–Trinajstić information content (AvgIpc) is 2.36. The third-order valence-electron chi connectivity index (χ3n) is 3.49. The summed E-state index contributed by atoms with van der Waals surface area (Å²) in [5.41, 5.74) is 5.36. The van der Waals surface area contributed by atoms with E-state index in [0.717, 1.165) is 13.0 Å². The van der Waals surface area contributed by atoms with Gasteiger partial charge in [-0.15, -0.1) is 0 Å². The molecular weight excluding hydrogens is 224 g/mol. The number of amides is 1. The van der Waals surface area contributed by atoms with E-state index in [-0.39, 0.29) is 5.91 Å². The fourth-order valence-corrected chi connectivity index (χ4v) is 1.95. The van der Waals surface area contributed by atoms with Crippen LogP contribution in [0, 0.1) is 20.8 Å². The molecular formula is C15H24N2O. The van der Waals surface area contributed by atoms with Crippen molar-refractivity contribution in [1.82, 2.24) is 10.6 Å². The number of aryl methyl sites for hydroxylation is 1. The highest BCUT2D eigenvalue weighted by Gasteiger charge is 2.04. The van der Waals surface area contributed by atoms with Crippen LogP contribution in [0.3, 0.4) is 0 Å². The SMILES string of the molecule is CNCCC(=O)NCCc1ccc(C)c(C)c1C. The first kappa shape index (κ1) is 14.7. The van der Waals surface area contributed by atoms with E-state index in [4.69, 9.17) is 0 Å². The maximum Gasteiger partial charge on any atom is 0.221 e. The molecule has 0 fully saturated rings. The summed E-state index contributed by atoms with van der Waals surface area (Å²) in [5, 5.41) is 5.92. The maximum absolute atomic E-state index is 11.4. The van der Waals surface area contributed by atoms with Crippen LogP contribution in [0.25, 0.3) is 0 Å². The van der Waals surface area contributed by atoms with Gasteiger partial charge in [0.05, 0.1) is 0 Å². The number of hydrogen-bond acceptors (Lipinski definition) is 2. The first-order valence-electron chi connectivity index (χ1n) is 6.53. The van der Waals surface area contributed by atoms with E-state index in [9.17, 15) is 4.79 Å². The van der Waals surface area contributed by atoms with Crippen LogP contribution in [0.5, 0.6) is 0 Å². The van der Waals surface area contributed by atoms with Crippen LogP contribution in [0.4, 0.5) is 0 Å². The summed E-state index contributed by atoms with van der Waals surface area (Å²) in [4.78, 5) is 11.4. The highest BCUT2D eigenvalue weighted by Crippen LogP contribution is 2.17. The van der Waals surface area contributed by atoms with Crippen molar-refractivity contribution in [2.24, 2.45) is 0 Å². The molecule has 1 aromatic rings. The van der Waals surface area contributed by atoms with Crippen molar-refractivity contribution in [2.75, 3.05) is 20.1 Å². The van der Waals surface area contributed by atoms with E-state index in [2.05, 4.69) is 43.5 Å². The highest BCUT2D eigenvalue weighted by molar-refractivity contribution is 5.76. The first-order chi connectivity index (χ1) is 8.56. The van der Waals surface area contributed by atoms with Gasteiger partial charge in [-0.05, 0) is 56.5 Å². The number of carbonyl (C=O) groups excluding carboxylic acids is 1. The van der Waals surface area contributed by atoms with Crippen LogP contribution in [-0.4, -0.2) is 26.0 Å². The molecule has 0 aromatic heterocycles. The second-order valence-corrected chi connectivity index (χ2v) is 4.75. The van der Waals surface area contributed by atoms with Gasteiger partial charge < -0.3 is 10.6 Å². The summed E-state index contributed by atoms with van der Waals surface area (Å²) in [6.07, 6.45) is 1.45. The molecule has 18 heavy (non-hydrogen) atoms. The van der Waals surface area contributed by atoms with Crippen molar-refractivity contribution in [3.63, 3.8) is 0 Å². The molecule has 0 unspecified atom stereocenters. The summed E-state index contributed by atoms with van der Waals surface area (Å²) in [6.45, 7) is 7.88. The topological polar surface area (TPSA) is 41.1 Å². The molecule has 0 spiro atoms. The minimum Gasteiger partial charge on any atom is -0.356 e. The van der Waals surface area contributed by atoms with Crippen molar-refractivity contribution in [1.29, 1.82) is 0 Å². The Balaban J connectivity index is 2.45. The van der Waals surface area contributed by atoms with E-state index in [0.29, 0.717) is 13.0 Å². The Morgan fingerprint density at radius 1 is 1.11 bits per heavy atom. The summed E-state index contributed by atoms with van der Waals surface area (Å²) in [7, 11) is 1.85. The second-order valence-electron chi connectivity index (χ2n) is 4.75. The molecule has 0 aliphatic carbocycles.